The average Bonchev–Trinajstić information content (AvgIpc) is 3.09. The Balaban J connectivity index is 1.47. The summed E-state index contributed by atoms with van der Waals surface area (Å²) in [4.78, 5) is 2.55. The van der Waals surface area contributed by atoms with Gasteiger partial charge in [-0.2, -0.15) is 0 Å². The van der Waals surface area contributed by atoms with Crippen LogP contribution < -0.4 is 20.5 Å². The quantitative estimate of drug-likeness (QED) is 0.125. The summed E-state index contributed by atoms with van der Waals surface area (Å²) in [5.74, 6) is 0.960. The maximum Gasteiger partial charge on any atom is 0.431 e. The van der Waals surface area contributed by atoms with Crippen LogP contribution in [0.5, 0.6) is 5.75 Å². The van der Waals surface area contributed by atoms with Crippen LogP contribution in [-0.4, -0.2) is 6.92 Å². The van der Waals surface area contributed by atoms with Crippen LogP contribution in [0.2, 0.25) is 0 Å². The van der Waals surface area contributed by atoms with Crippen molar-refractivity contribution < 1.29 is 4.65 Å². The van der Waals surface area contributed by atoms with Crippen molar-refractivity contribution >= 4 is 67.2 Å². The van der Waals surface area contributed by atoms with Gasteiger partial charge in [0.1, 0.15) is 5.75 Å². The van der Waals surface area contributed by atoms with Crippen molar-refractivity contribution in [1.29, 1.82) is 0 Å². The molecule has 0 atom stereocenters. The highest BCUT2D eigenvalue weighted by molar-refractivity contribution is 6.86. The van der Waals surface area contributed by atoms with E-state index in [1.54, 1.807) is 0 Å². The van der Waals surface area contributed by atoms with E-state index < -0.39 is 0 Å². The van der Waals surface area contributed by atoms with Crippen molar-refractivity contribution in [3.63, 3.8) is 0 Å². The molecule has 53 heavy (non-hydrogen) atoms. The van der Waals surface area contributed by atoms with E-state index in [1.165, 1.54) is 93.7 Å². The number of rotatable bonds is 1. The van der Waals surface area contributed by atoms with Crippen molar-refractivity contribution in [2.24, 2.45) is 0 Å². The lowest BCUT2D eigenvalue weighted by Crippen LogP contribution is -2.56. The molecule has 0 bridgehead atoms. The molecule has 0 fully saturated rings. The molecule has 0 radical (unpaired) electrons. The molecule has 2 nitrogen and oxygen atoms in total. The van der Waals surface area contributed by atoms with Crippen LogP contribution in [0.1, 0.15) is 105 Å². The smallest absolute Gasteiger partial charge is 0.431 e. The first-order valence-electron chi connectivity index (χ1n) is 19.5. The van der Waals surface area contributed by atoms with Gasteiger partial charge in [0.05, 0.1) is 5.69 Å². The number of fused-ring (bicyclic) bond motifs is 6. The van der Waals surface area contributed by atoms with Gasteiger partial charge in [-0.25, -0.2) is 0 Å². The number of hydrogen-bond acceptors (Lipinski definition) is 2. The highest BCUT2D eigenvalue weighted by Gasteiger charge is 2.45. The van der Waals surface area contributed by atoms with Crippen LogP contribution in [0.4, 0.5) is 17.1 Å². The molecule has 0 spiro atoms. The number of anilines is 3. The average molecular weight is 694 g/mol. The van der Waals surface area contributed by atoms with E-state index in [0.717, 1.165) is 5.75 Å². The van der Waals surface area contributed by atoms with Crippen LogP contribution in [-0.2, 0) is 21.7 Å². The summed E-state index contributed by atoms with van der Waals surface area (Å²) in [6.07, 6.45) is 0. The molecular formula is C50H52BNO. The topological polar surface area (TPSA) is 12.5 Å². The summed E-state index contributed by atoms with van der Waals surface area (Å²) in [6.45, 7) is 27.4. The minimum atomic E-state index is -0.246. The van der Waals surface area contributed by atoms with Crippen LogP contribution in [0, 0.1) is 0 Å². The first-order chi connectivity index (χ1) is 24.8. The fourth-order valence-electron chi connectivity index (χ4n) is 8.83. The highest BCUT2D eigenvalue weighted by Crippen LogP contribution is 2.52. The molecule has 0 saturated heterocycles. The Morgan fingerprint density at radius 2 is 1.04 bits per heavy atom. The molecule has 0 amide bonds. The summed E-state index contributed by atoms with van der Waals surface area (Å²) in [5.41, 5.74) is 14.0. The zero-order valence-corrected chi connectivity index (χ0v) is 33.7. The molecule has 0 N–H and O–H groups in total. The lowest BCUT2D eigenvalue weighted by Gasteiger charge is -2.42. The second kappa shape index (κ2) is 10.9. The first kappa shape index (κ1) is 34.0. The van der Waals surface area contributed by atoms with Gasteiger partial charge in [-0.3, -0.25) is 0 Å². The zero-order valence-electron chi connectivity index (χ0n) is 33.7. The second-order valence-corrected chi connectivity index (χ2v) is 19.9. The Bertz CT molecular complexity index is 2600. The molecule has 0 aliphatic carbocycles. The predicted octanol–water partition coefficient (Wildman–Crippen LogP) is 12.7. The van der Waals surface area contributed by atoms with Crippen LogP contribution >= 0.6 is 0 Å². The van der Waals surface area contributed by atoms with Crippen molar-refractivity contribution in [3.05, 3.63) is 119 Å². The zero-order chi connectivity index (χ0) is 37.6. The third-order valence-electron chi connectivity index (χ3n) is 12.0. The lowest BCUT2D eigenvalue weighted by atomic mass is 9.48. The van der Waals surface area contributed by atoms with E-state index in [-0.39, 0.29) is 28.6 Å². The largest absolute Gasteiger partial charge is 0.551 e. The normalized spacial score (nSPS) is 14.5. The van der Waals surface area contributed by atoms with Crippen molar-refractivity contribution in [3.8, 4) is 16.9 Å². The van der Waals surface area contributed by atoms with Gasteiger partial charge in [0.2, 0.25) is 0 Å². The van der Waals surface area contributed by atoms with Crippen LogP contribution in [0.25, 0.3) is 43.4 Å². The van der Waals surface area contributed by atoms with Gasteiger partial charge in [-0.15, -0.1) is 0 Å². The van der Waals surface area contributed by atoms with Gasteiger partial charge < -0.3 is 9.55 Å². The first-order valence-corrected chi connectivity index (χ1v) is 19.5. The van der Waals surface area contributed by atoms with Crippen LogP contribution in [0.15, 0.2) is 97.1 Å². The molecule has 266 valence electrons. The number of hydrogen-bond donors (Lipinski definition) is 0. The van der Waals surface area contributed by atoms with Gasteiger partial charge in [0.25, 0.3) is 0 Å². The van der Waals surface area contributed by atoms with E-state index in [0.29, 0.717) is 0 Å². The molecule has 2 aliphatic heterocycles. The van der Waals surface area contributed by atoms with Gasteiger partial charge in [0, 0.05) is 33.2 Å². The molecule has 0 saturated carbocycles. The van der Waals surface area contributed by atoms with Crippen LogP contribution in [0.3, 0.4) is 0 Å². The molecule has 2 heterocycles. The number of nitrogens with zero attached hydrogens (tertiary/aromatic N) is 1. The summed E-state index contributed by atoms with van der Waals surface area (Å²) in [6, 6.07) is 37.7. The summed E-state index contributed by atoms with van der Waals surface area (Å²) in [7, 11) is 0. The van der Waals surface area contributed by atoms with E-state index in [4.69, 9.17) is 4.65 Å². The molecular weight excluding hydrogens is 641 g/mol. The Kier molecular flexibility index (Phi) is 7.01. The molecule has 7 aromatic carbocycles. The van der Waals surface area contributed by atoms with Crippen molar-refractivity contribution in [1.82, 2.24) is 0 Å². The molecule has 2 aliphatic rings. The van der Waals surface area contributed by atoms with Gasteiger partial charge in [-0.05, 0) is 107 Å². The van der Waals surface area contributed by atoms with E-state index in [2.05, 4.69) is 185 Å². The Morgan fingerprint density at radius 3 is 1.64 bits per heavy atom. The van der Waals surface area contributed by atoms with E-state index in [1.807, 2.05) is 0 Å². The predicted molar refractivity (Wildman–Crippen MR) is 231 cm³/mol. The maximum absolute atomic E-state index is 7.30. The summed E-state index contributed by atoms with van der Waals surface area (Å²) >= 11 is 0. The Morgan fingerprint density at radius 1 is 0.491 bits per heavy atom. The number of benzene rings is 7. The van der Waals surface area contributed by atoms with E-state index >= 15 is 0 Å². The fraction of sp³-hybridized carbons (Fsp3) is 0.320. The SMILES string of the molecule is CC(C)(C)c1ccc(N2c3ccc(C(C)(C)C)cc3B3Oc4ccc(C(C)(C)C)cc4-c4c3c2c2ccc3cc(C(C)(C)C)cc5ccc4c2c53)cc1. The molecule has 7 aromatic rings. The minimum Gasteiger partial charge on any atom is -0.551 e. The van der Waals surface area contributed by atoms with Gasteiger partial charge in [-0.1, -0.05) is 150 Å². The Hall–Kier alpha value is -4.76. The maximum atomic E-state index is 7.30. The van der Waals surface area contributed by atoms with Crippen molar-refractivity contribution in [2.75, 3.05) is 4.90 Å². The van der Waals surface area contributed by atoms with Gasteiger partial charge >= 0.3 is 6.92 Å². The lowest BCUT2D eigenvalue weighted by molar-refractivity contribution is 0.575. The summed E-state index contributed by atoms with van der Waals surface area (Å²) < 4.78 is 7.30. The third-order valence-corrected chi connectivity index (χ3v) is 12.0. The second-order valence-electron chi connectivity index (χ2n) is 19.9. The third kappa shape index (κ3) is 5.13. The van der Waals surface area contributed by atoms with Crippen molar-refractivity contribution in [2.45, 2.75) is 105 Å². The minimum absolute atomic E-state index is 0.00583. The molecule has 3 heteroatoms. The highest BCUT2D eigenvalue weighted by atomic mass is 16.4. The molecule has 0 unspecified atom stereocenters. The monoisotopic (exact) mass is 693 g/mol. The van der Waals surface area contributed by atoms with Gasteiger partial charge in [0.15, 0.2) is 0 Å². The standard InChI is InChI=1S/C50H52BNO/c1-47(2,3)31-15-19-35(20-16-31)52-40-23-17-33(49(7,8)9)28-39(40)51-45-44(38-27-32(48(4,5)6)18-24-41(38)53-51)36-21-13-29-25-34(50(10,11)12)26-30-14-22-37(46(45)52)43(36)42(29)30/h13-28H,1-12H3. The molecule has 0 aromatic heterocycles. The Labute approximate surface area is 316 Å². The molecule has 9 rings (SSSR count). The van der Waals surface area contributed by atoms with E-state index in [9.17, 15) is 0 Å². The fourth-order valence-corrected chi connectivity index (χ4v) is 8.83. The summed E-state index contributed by atoms with van der Waals surface area (Å²) in [5, 5.41) is 7.87.